The summed E-state index contributed by atoms with van der Waals surface area (Å²) in [7, 11) is 1.35. The molecule has 3 unspecified atom stereocenters. The van der Waals surface area contributed by atoms with Gasteiger partial charge in [0.1, 0.15) is 6.04 Å². The fraction of sp³-hybridized carbons (Fsp3) is 0.846. The number of carbonyl (C=O) groups is 2. The van der Waals surface area contributed by atoms with Gasteiger partial charge in [0.15, 0.2) is 0 Å². The predicted octanol–water partition coefficient (Wildman–Crippen LogP) is 0.927. The first-order chi connectivity index (χ1) is 8.49. The molecule has 1 saturated heterocycles. The minimum absolute atomic E-state index is 0.203. The molecule has 1 aliphatic heterocycles. The van der Waals surface area contributed by atoms with Crippen molar-refractivity contribution >= 4 is 11.9 Å². The fourth-order valence-corrected chi connectivity index (χ4v) is 2.67. The first-order valence-corrected chi connectivity index (χ1v) is 6.60. The van der Waals surface area contributed by atoms with Gasteiger partial charge >= 0.3 is 5.97 Å². The second-order valence-electron chi connectivity index (χ2n) is 4.96. The Hall–Kier alpha value is -1.10. The molecular weight excluding hydrogens is 232 g/mol. The second-order valence-corrected chi connectivity index (χ2v) is 4.96. The van der Waals surface area contributed by atoms with E-state index in [1.54, 1.807) is 0 Å². The lowest BCUT2D eigenvalue weighted by Gasteiger charge is -2.30. The SMILES string of the molecule is CCC1CCC(C)N1CC(NC(C)=O)C(=O)OC. The highest BCUT2D eigenvalue weighted by atomic mass is 16.5. The van der Waals surface area contributed by atoms with E-state index < -0.39 is 6.04 Å². The fourth-order valence-electron chi connectivity index (χ4n) is 2.67. The smallest absolute Gasteiger partial charge is 0.329 e. The van der Waals surface area contributed by atoms with Crippen molar-refractivity contribution in [3.05, 3.63) is 0 Å². The Morgan fingerprint density at radius 2 is 2.11 bits per heavy atom. The molecule has 5 nitrogen and oxygen atoms in total. The molecule has 0 aromatic carbocycles. The maximum atomic E-state index is 11.7. The van der Waals surface area contributed by atoms with Crippen LogP contribution in [0.1, 0.15) is 40.0 Å². The standard InChI is InChI=1S/C13H24N2O3/c1-5-11-7-6-9(2)15(11)8-12(13(17)18-4)14-10(3)16/h9,11-12H,5-8H2,1-4H3,(H,14,16). The summed E-state index contributed by atoms with van der Waals surface area (Å²) in [5.74, 6) is -0.579. The van der Waals surface area contributed by atoms with E-state index >= 15 is 0 Å². The molecule has 0 aromatic heterocycles. The van der Waals surface area contributed by atoms with E-state index in [2.05, 4.69) is 24.1 Å². The Bertz CT molecular complexity index is 307. The molecule has 1 rings (SSSR count). The molecule has 0 aliphatic carbocycles. The summed E-state index contributed by atoms with van der Waals surface area (Å²) in [6.45, 7) is 6.27. The van der Waals surface area contributed by atoms with E-state index in [1.165, 1.54) is 14.0 Å². The lowest BCUT2D eigenvalue weighted by molar-refractivity contribution is -0.145. The Kier molecular flexibility index (Phi) is 5.59. The zero-order valence-corrected chi connectivity index (χ0v) is 11.7. The van der Waals surface area contributed by atoms with Gasteiger partial charge in [-0.15, -0.1) is 0 Å². The molecule has 5 heteroatoms. The number of hydrogen-bond acceptors (Lipinski definition) is 4. The van der Waals surface area contributed by atoms with Crippen LogP contribution in [-0.2, 0) is 14.3 Å². The first-order valence-electron chi connectivity index (χ1n) is 6.60. The summed E-state index contributed by atoms with van der Waals surface area (Å²) in [4.78, 5) is 25.1. The van der Waals surface area contributed by atoms with Crippen LogP contribution >= 0.6 is 0 Å². The summed E-state index contributed by atoms with van der Waals surface area (Å²) in [6, 6.07) is 0.388. The number of nitrogens with one attached hydrogen (secondary N) is 1. The summed E-state index contributed by atoms with van der Waals surface area (Å²) in [5.41, 5.74) is 0. The lowest BCUT2D eigenvalue weighted by Crippen LogP contribution is -2.51. The summed E-state index contributed by atoms with van der Waals surface area (Å²) >= 11 is 0. The molecule has 0 aromatic rings. The van der Waals surface area contributed by atoms with E-state index in [4.69, 9.17) is 4.74 Å². The highest BCUT2D eigenvalue weighted by Crippen LogP contribution is 2.25. The van der Waals surface area contributed by atoms with Gasteiger partial charge in [-0.1, -0.05) is 6.92 Å². The average Bonchev–Trinajstić information content (AvgIpc) is 2.68. The average molecular weight is 256 g/mol. The van der Waals surface area contributed by atoms with Crippen LogP contribution in [0.15, 0.2) is 0 Å². The minimum atomic E-state index is -0.568. The Morgan fingerprint density at radius 1 is 1.44 bits per heavy atom. The molecule has 18 heavy (non-hydrogen) atoms. The van der Waals surface area contributed by atoms with Crippen LogP contribution in [0.2, 0.25) is 0 Å². The van der Waals surface area contributed by atoms with Crippen LogP contribution in [0.5, 0.6) is 0 Å². The number of ether oxygens (including phenoxy) is 1. The van der Waals surface area contributed by atoms with Gasteiger partial charge in [-0.25, -0.2) is 4.79 Å². The second kappa shape index (κ2) is 6.73. The molecule has 1 amide bonds. The molecule has 0 saturated carbocycles. The van der Waals surface area contributed by atoms with Gasteiger partial charge in [0.2, 0.25) is 5.91 Å². The number of rotatable bonds is 5. The third kappa shape index (κ3) is 3.70. The minimum Gasteiger partial charge on any atom is -0.467 e. The number of nitrogens with zero attached hydrogens (tertiary/aromatic N) is 1. The molecular formula is C13H24N2O3. The van der Waals surface area contributed by atoms with Gasteiger partial charge in [0.05, 0.1) is 7.11 Å². The number of methoxy groups -OCH3 is 1. The van der Waals surface area contributed by atoms with Crippen molar-refractivity contribution in [3.63, 3.8) is 0 Å². The largest absolute Gasteiger partial charge is 0.467 e. The maximum absolute atomic E-state index is 11.7. The van der Waals surface area contributed by atoms with E-state index in [-0.39, 0.29) is 11.9 Å². The van der Waals surface area contributed by atoms with E-state index in [1.807, 2.05) is 0 Å². The highest BCUT2D eigenvalue weighted by molar-refractivity contribution is 5.83. The molecule has 104 valence electrons. The summed E-state index contributed by atoms with van der Waals surface area (Å²) in [5, 5.41) is 2.67. The number of esters is 1. The molecule has 1 heterocycles. The van der Waals surface area contributed by atoms with Crippen LogP contribution < -0.4 is 5.32 Å². The van der Waals surface area contributed by atoms with Gasteiger partial charge in [0, 0.05) is 25.6 Å². The summed E-state index contributed by atoms with van der Waals surface area (Å²) in [6.07, 6.45) is 3.37. The topological polar surface area (TPSA) is 58.6 Å². The molecule has 0 bridgehead atoms. The van der Waals surface area contributed by atoms with Crippen molar-refractivity contribution in [2.75, 3.05) is 13.7 Å². The molecule has 1 aliphatic rings. The first kappa shape index (κ1) is 15.0. The van der Waals surface area contributed by atoms with Gasteiger partial charge in [0.25, 0.3) is 0 Å². The van der Waals surface area contributed by atoms with Crippen molar-refractivity contribution in [1.29, 1.82) is 0 Å². The van der Waals surface area contributed by atoms with E-state index in [0.29, 0.717) is 18.6 Å². The van der Waals surface area contributed by atoms with Gasteiger partial charge in [-0.3, -0.25) is 9.69 Å². The van der Waals surface area contributed by atoms with Crippen LogP contribution in [0.4, 0.5) is 0 Å². The van der Waals surface area contributed by atoms with E-state index in [9.17, 15) is 9.59 Å². The molecule has 3 atom stereocenters. The zero-order chi connectivity index (χ0) is 13.7. The predicted molar refractivity (Wildman–Crippen MR) is 69.1 cm³/mol. The monoisotopic (exact) mass is 256 g/mol. The maximum Gasteiger partial charge on any atom is 0.329 e. The van der Waals surface area contributed by atoms with Crippen molar-refractivity contribution in [3.8, 4) is 0 Å². The molecule has 1 N–H and O–H groups in total. The Balaban J connectivity index is 2.69. The van der Waals surface area contributed by atoms with Crippen molar-refractivity contribution in [2.24, 2.45) is 0 Å². The number of likely N-dealkylation sites (tertiary alicyclic amines) is 1. The number of hydrogen-bond donors (Lipinski definition) is 1. The van der Waals surface area contributed by atoms with Crippen LogP contribution in [0, 0.1) is 0 Å². The van der Waals surface area contributed by atoms with Crippen LogP contribution in [-0.4, -0.2) is 48.6 Å². The van der Waals surface area contributed by atoms with Crippen LogP contribution in [0.25, 0.3) is 0 Å². The third-order valence-electron chi connectivity index (χ3n) is 3.68. The normalized spacial score (nSPS) is 25.8. The molecule has 1 fully saturated rings. The lowest BCUT2D eigenvalue weighted by atomic mass is 10.1. The van der Waals surface area contributed by atoms with Gasteiger partial charge < -0.3 is 10.1 Å². The van der Waals surface area contributed by atoms with Gasteiger partial charge in [-0.05, 0) is 26.2 Å². The van der Waals surface area contributed by atoms with Gasteiger partial charge in [-0.2, -0.15) is 0 Å². The van der Waals surface area contributed by atoms with Crippen molar-refractivity contribution < 1.29 is 14.3 Å². The molecule has 0 spiro atoms. The Labute approximate surface area is 109 Å². The highest BCUT2D eigenvalue weighted by Gasteiger charge is 2.33. The van der Waals surface area contributed by atoms with E-state index in [0.717, 1.165) is 19.3 Å². The van der Waals surface area contributed by atoms with Crippen molar-refractivity contribution in [2.45, 2.75) is 58.2 Å². The third-order valence-corrected chi connectivity index (χ3v) is 3.68. The zero-order valence-electron chi connectivity index (χ0n) is 11.7. The van der Waals surface area contributed by atoms with Crippen molar-refractivity contribution in [1.82, 2.24) is 10.2 Å². The number of amides is 1. The number of carbonyl (C=O) groups excluding carboxylic acids is 2. The van der Waals surface area contributed by atoms with Crippen LogP contribution in [0.3, 0.4) is 0 Å². The quantitative estimate of drug-likeness (QED) is 0.743. The molecule has 0 radical (unpaired) electrons. The summed E-state index contributed by atoms with van der Waals surface area (Å²) < 4.78 is 4.75. The Morgan fingerprint density at radius 3 is 2.61 bits per heavy atom.